The highest BCUT2D eigenvalue weighted by Crippen LogP contribution is 2.20. The van der Waals surface area contributed by atoms with Gasteiger partial charge in [-0.25, -0.2) is 9.48 Å². The molecular formula is C18H20N4O4. The van der Waals surface area contributed by atoms with Crippen molar-refractivity contribution in [2.24, 2.45) is 0 Å². The SMILES string of the molecule is CCOC(=O)c1c(C)[nH]c(C(=O)Cn2nc(C)c(C)c(C#N)c2=O)c1C. The summed E-state index contributed by atoms with van der Waals surface area (Å²) in [7, 11) is 0. The third kappa shape index (κ3) is 3.28. The van der Waals surface area contributed by atoms with E-state index in [9.17, 15) is 14.4 Å². The maximum atomic E-state index is 12.7. The number of nitrogens with zero attached hydrogens (tertiary/aromatic N) is 3. The van der Waals surface area contributed by atoms with Crippen molar-refractivity contribution in [3.05, 3.63) is 49.7 Å². The summed E-state index contributed by atoms with van der Waals surface area (Å²) in [6.07, 6.45) is 0. The molecular weight excluding hydrogens is 336 g/mol. The van der Waals surface area contributed by atoms with E-state index in [1.165, 1.54) is 0 Å². The van der Waals surface area contributed by atoms with E-state index in [1.54, 1.807) is 34.6 Å². The van der Waals surface area contributed by atoms with Crippen LogP contribution in [0, 0.1) is 39.0 Å². The Hall–Kier alpha value is -3.21. The molecule has 0 saturated heterocycles. The van der Waals surface area contributed by atoms with Crippen LogP contribution in [0.3, 0.4) is 0 Å². The van der Waals surface area contributed by atoms with Crippen LogP contribution >= 0.6 is 0 Å². The molecule has 1 N–H and O–H groups in total. The van der Waals surface area contributed by atoms with Gasteiger partial charge in [-0.05, 0) is 45.7 Å². The van der Waals surface area contributed by atoms with E-state index in [2.05, 4.69) is 10.1 Å². The molecule has 2 rings (SSSR count). The smallest absolute Gasteiger partial charge is 0.340 e. The summed E-state index contributed by atoms with van der Waals surface area (Å²) < 4.78 is 5.98. The molecule has 0 aliphatic carbocycles. The van der Waals surface area contributed by atoms with Crippen LogP contribution in [0.5, 0.6) is 0 Å². The van der Waals surface area contributed by atoms with Crippen LogP contribution in [0.15, 0.2) is 4.79 Å². The van der Waals surface area contributed by atoms with Crippen molar-refractivity contribution in [3.8, 4) is 6.07 Å². The van der Waals surface area contributed by atoms with Crippen LogP contribution in [0.4, 0.5) is 0 Å². The van der Waals surface area contributed by atoms with Crippen LogP contribution in [0.1, 0.15) is 55.8 Å². The second-order valence-electron chi connectivity index (χ2n) is 5.93. The first-order valence-corrected chi connectivity index (χ1v) is 8.10. The molecule has 0 aliphatic heterocycles. The first kappa shape index (κ1) is 19.1. The van der Waals surface area contributed by atoms with E-state index in [-0.39, 0.29) is 24.4 Å². The van der Waals surface area contributed by atoms with E-state index in [0.717, 1.165) is 4.68 Å². The number of hydrogen-bond donors (Lipinski definition) is 1. The van der Waals surface area contributed by atoms with Gasteiger partial charge in [0.1, 0.15) is 18.2 Å². The third-order valence-electron chi connectivity index (χ3n) is 4.24. The first-order valence-electron chi connectivity index (χ1n) is 8.10. The average molecular weight is 356 g/mol. The molecule has 0 aromatic carbocycles. The minimum Gasteiger partial charge on any atom is -0.462 e. The van der Waals surface area contributed by atoms with Gasteiger partial charge >= 0.3 is 5.97 Å². The average Bonchev–Trinajstić information content (AvgIpc) is 2.88. The number of rotatable bonds is 5. The lowest BCUT2D eigenvalue weighted by Gasteiger charge is -2.08. The van der Waals surface area contributed by atoms with Gasteiger partial charge < -0.3 is 9.72 Å². The van der Waals surface area contributed by atoms with Crippen LogP contribution < -0.4 is 5.56 Å². The van der Waals surface area contributed by atoms with Gasteiger partial charge in [0.15, 0.2) is 0 Å². The van der Waals surface area contributed by atoms with Crippen LogP contribution in [0.2, 0.25) is 0 Å². The molecule has 0 bridgehead atoms. The quantitative estimate of drug-likeness (QED) is 0.644. The number of ketones is 1. The molecule has 0 fully saturated rings. The lowest BCUT2D eigenvalue weighted by molar-refractivity contribution is 0.0525. The predicted octanol–water partition coefficient (Wildman–Crippen LogP) is 1.74. The molecule has 0 radical (unpaired) electrons. The Morgan fingerprint density at radius 1 is 1.23 bits per heavy atom. The van der Waals surface area contributed by atoms with Crippen LogP contribution in [0.25, 0.3) is 0 Å². The molecule has 136 valence electrons. The van der Waals surface area contributed by atoms with Gasteiger partial charge in [-0.3, -0.25) is 9.59 Å². The molecule has 0 unspecified atom stereocenters. The summed E-state index contributed by atoms with van der Waals surface area (Å²) in [5, 5.41) is 13.3. The topological polar surface area (TPSA) is 118 Å². The number of H-pyrrole nitrogens is 1. The number of carbonyl (C=O) groups excluding carboxylic acids is 2. The molecule has 8 heteroatoms. The highest BCUT2D eigenvalue weighted by atomic mass is 16.5. The number of Topliss-reactive ketones (excluding diaryl/α,β-unsaturated/α-hetero) is 1. The van der Waals surface area contributed by atoms with Crippen molar-refractivity contribution in [2.75, 3.05) is 6.61 Å². The van der Waals surface area contributed by atoms with E-state index in [0.29, 0.717) is 28.1 Å². The van der Waals surface area contributed by atoms with Gasteiger partial charge in [0.05, 0.1) is 23.6 Å². The van der Waals surface area contributed by atoms with Crippen LogP contribution in [-0.4, -0.2) is 33.1 Å². The van der Waals surface area contributed by atoms with Crippen molar-refractivity contribution in [1.82, 2.24) is 14.8 Å². The van der Waals surface area contributed by atoms with Gasteiger partial charge in [-0.2, -0.15) is 10.4 Å². The molecule has 0 spiro atoms. The highest BCUT2D eigenvalue weighted by molar-refractivity contribution is 6.01. The van der Waals surface area contributed by atoms with Crippen molar-refractivity contribution in [2.45, 2.75) is 41.2 Å². The molecule has 26 heavy (non-hydrogen) atoms. The molecule has 0 amide bonds. The Morgan fingerprint density at radius 3 is 2.46 bits per heavy atom. The zero-order valence-corrected chi connectivity index (χ0v) is 15.4. The number of carbonyl (C=O) groups is 2. The maximum absolute atomic E-state index is 12.7. The summed E-state index contributed by atoms with van der Waals surface area (Å²) in [5.74, 6) is -0.922. The van der Waals surface area contributed by atoms with Crippen molar-refractivity contribution in [1.29, 1.82) is 5.26 Å². The Bertz CT molecular complexity index is 992. The van der Waals surface area contributed by atoms with E-state index in [1.807, 2.05) is 6.07 Å². The van der Waals surface area contributed by atoms with E-state index >= 15 is 0 Å². The van der Waals surface area contributed by atoms with Gasteiger partial charge in [0.25, 0.3) is 5.56 Å². The van der Waals surface area contributed by atoms with E-state index in [4.69, 9.17) is 10.00 Å². The van der Waals surface area contributed by atoms with Crippen LogP contribution in [-0.2, 0) is 11.3 Å². The van der Waals surface area contributed by atoms with Crippen molar-refractivity contribution < 1.29 is 14.3 Å². The molecule has 0 saturated carbocycles. The maximum Gasteiger partial charge on any atom is 0.340 e. The zero-order valence-electron chi connectivity index (χ0n) is 15.4. The molecule has 2 aromatic rings. The zero-order chi connectivity index (χ0) is 19.6. The fourth-order valence-corrected chi connectivity index (χ4v) is 2.76. The number of nitriles is 1. The van der Waals surface area contributed by atoms with E-state index < -0.39 is 17.3 Å². The minimum atomic E-state index is -0.615. The lowest BCUT2D eigenvalue weighted by atomic mass is 10.1. The molecule has 2 aromatic heterocycles. The van der Waals surface area contributed by atoms with Crippen molar-refractivity contribution in [3.63, 3.8) is 0 Å². The Morgan fingerprint density at radius 2 is 1.88 bits per heavy atom. The van der Waals surface area contributed by atoms with Crippen molar-refractivity contribution >= 4 is 11.8 Å². The standard InChI is InChI=1S/C18H20N4O4/c1-6-26-18(25)15-10(3)16(20-12(15)5)14(23)8-22-17(24)13(7-19)9(2)11(4)21-22/h20H,6,8H2,1-5H3. The minimum absolute atomic E-state index is 0.0306. The van der Waals surface area contributed by atoms with Gasteiger partial charge in [0, 0.05) is 5.69 Å². The monoisotopic (exact) mass is 356 g/mol. The summed E-state index contributed by atoms with van der Waals surface area (Å²) in [6.45, 7) is 8.21. The molecule has 0 atom stereocenters. The summed E-state index contributed by atoms with van der Waals surface area (Å²) in [4.78, 5) is 39.9. The third-order valence-corrected chi connectivity index (χ3v) is 4.24. The number of hydrogen-bond acceptors (Lipinski definition) is 6. The Kier molecular flexibility index (Phi) is 5.41. The number of ether oxygens (including phenoxy) is 1. The molecule has 0 aliphatic rings. The number of aromatic amines is 1. The summed E-state index contributed by atoms with van der Waals surface area (Å²) in [5.41, 5.74) is 1.86. The fourth-order valence-electron chi connectivity index (χ4n) is 2.76. The van der Waals surface area contributed by atoms with Gasteiger partial charge in [-0.1, -0.05) is 0 Å². The lowest BCUT2D eigenvalue weighted by Crippen LogP contribution is -2.30. The summed E-state index contributed by atoms with van der Waals surface area (Å²) >= 11 is 0. The normalized spacial score (nSPS) is 10.5. The largest absolute Gasteiger partial charge is 0.462 e. The Labute approximate surface area is 150 Å². The second kappa shape index (κ2) is 7.35. The first-order chi connectivity index (χ1) is 12.2. The summed E-state index contributed by atoms with van der Waals surface area (Å²) in [6, 6.07) is 1.86. The predicted molar refractivity (Wildman–Crippen MR) is 93.2 cm³/mol. The highest BCUT2D eigenvalue weighted by Gasteiger charge is 2.24. The number of aryl methyl sites for hydroxylation is 2. The molecule has 8 nitrogen and oxygen atoms in total. The second-order valence-corrected chi connectivity index (χ2v) is 5.93. The number of esters is 1. The van der Waals surface area contributed by atoms with Gasteiger partial charge in [0.2, 0.25) is 5.78 Å². The fraction of sp³-hybridized carbons (Fsp3) is 0.389. The number of aromatic nitrogens is 3. The Balaban J connectivity index is 2.43. The van der Waals surface area contributed by atoms with Gasteiger partial charge in [-0.15, -0.1) is 0 Å². The number of nitrogens with one attached hydrogen (secondary N) is 1. The molecule has 2 heterocycles.